The van der Waals surface area contributed by atoms with E-state index in [1.54, 1.807) is 19.1 Å². The predicted octanol–water partition coefficient (Wildman–Crippen LogP) is 3.91. The number of anilines is 1. The van der Waals surface area contributed by atoms with Crippen molar-refractivity contribution in [3.8, 4) is 5.75 Å². The van der Waals surface area contributed by atoms with Crippen molar-refractivity contribution in [1.29, 1.82) is 0 Å². The Bertz CT molecular complexity index is 641. The quantitative estimate of drug-likeness (QED) is 0.646. The lowest BCUT2D eigenvalue weighted by Crippen LogP contribution is -2.01. The monoisotopic (exact) mass is 286 g/mol. The lowest BCUT2D eigenvalue weighted by atomic mass is 10.1. The van der Waals surface area contributed by atoms with Crippen molar-refractivity contribution in [1.82, 2.24) is 0 Å². The molecule has 21 heavy (non-hydrogen) atoms. The zero-order valence-corrected chi connectivity index (χ0v) is 12.1. The number of aryl methyl sites for hydroxylation is 1. The number of benzene rings is 2. The summed E-state index contributed by atoms with van der Waals surface area (Å²) < 4.78 is 5.45. The van der Waals surface area contributed by atoms with Crippen LogP contribution in [0.1, 0.15) is 18.1 Å². The molecule has 110 valence electrons. The fourth-order valence-corrected chi connectivity index (χ4v) is 2.03. The van der Waals surface area contributed by atoms with Crippen molar-refractivity contribution < 1.29 is 9.66 Å². The second-order valence-corrected chi connectivity index (χ2v) is 4.69. The number of nitrogens with one attached hydrogen (secondary N) is 1. The van der Waals surface area contributed by atoms with Crippen molar-refractivity contribution in [2.45, 2.75) is 20.4 Å². The lowest BCUT2D eigenvalue weighted by molar-refractivity contribution is -0.385. The van der Waals surface area contributed by atoms with Gasteiger partial charge in [0.1, 0.15) is 5.75 Å². The number of ether oxygens (including phenoxy) is 1. The summed E-state index contributed by atoms with van der Waals surface area (Å²) in [5.41, 5.74) is 2.57. The summed E-state index contributed by atoms with van der Waals surface area (Å²) in [5.74, 6) is 0.826. The third-order valence-corrected chi connectivity index (χ3v) is 3.11. The van der Waals surface area contributed by atoms with Crippen molar-refractivity contribution in [3.63, 3.8) is 0 Å². The number of nitrogens with zero attached hydrogens (tertiary/aromatic N) is 1. The third kappa shape index (κ3) is 3.95. The van der Waals surface area contributed by atoms with E-state index >= 15 is 0 Å². The summed E-state index contributed by atoms with van der Waals surface area (Å²) in [7, 11) is 0. The molecule has 0 aromatic heterocycles. The SMILES string of the molecule is CCOc1cccc(CNc2ccc(C)c([N+](=O)[O-])c2)c1. The van der Waals surface area contributed by atoms with Gasteiger partial charge >= 0.3 is 0 Å². The molecule has 0 radical (unpaired) electrons. The van der Waals surface area contributed by atoms with Crippen molar-refractivity contribution in [2.24, 2.45) is 0 Å². The molecule has 0 unspecified atom stereocenters. The second kappa shape index (κ2) is 6.74. The molecular weight excluding hydrogens is 268 g/mol. The Hall–Kier alpha value is -2.56. The average Bonchev–Trinajstić information content (AvgIpc) is 2.47. The minimum absolute atomic E-state index is 0.128. The third-order valence-electron chi connectivity index (χ3n) is 3.11. The molecule has 5 heteroatoms. The Labute approximate surface area is 123 Å². The van der Waals surface area contributed by atoms with Crippen molar-refractivity contribution >= 4 is 11.4 Å². The van der Waals surface area contributed by atoms with Crippen LogP contribution in [0.5, 0.6) is 5.75 Å². The van der Waals surface area contributed by atoms with E-state index in [2.05, 4.69) is 5.32 Å². The molecular formula is C16H18N2O3. The van der Waals surface area contributed by atoms with Crippen molar-refractivity contribution in [3.05, 3.63) is 63.7 Å². The summed E-state index contributed by atoms with van der Waals surface area (Å²) in [4.78, 5) is 10.6. The van der Waals surface area contributed by atoms with Gasteiger partial charge in [-0.05, 0) is 37.6 Å². The predicted molar refractivity (Wildman–Crippen MR) is 82.8 cm³/mol. The average molecular weight is 286 g/mol. The van der Waals surface area contributed by atoms with E-state index in [-0.39, 0.29) is 10.6 Å². The van der Waals surface area contributed by atoms with Gasteiger partial charge in [0, 0.05) is 23.9 Å². The Morgan fingerprint density at radius 3 is 2.76 bits per heavy atom. The van der Waals surface area contributed by atoms with Gasteiger partial charge in [0.15, 0.2) is 0 Å². The first kappa shape index (κ1) is 14.8. The molecule has 5 nitrogen and oxygen atoms in total. The summed E-state index contributed by atoms with van der Waals surface area (Å²) in [5, 5.41) is 14.1. The molecule has 2 aromatic carbocycles. The van der Waals surface area contributed by atoms with E-state index in [4.69, 9.17) is 4.74 Å². The Balaban J connectivity index is 2.07. The van der Waals surface area contributed by atoms with Gasteiger partial charge in [0.2, 0.25) is 0 Å². The van der Waals surface area contributed by atoms with Crippen LogP contribution in [0.4, 0.5) is 11.4 Å². The van der Waals surface area contributed by atoms with Crippen LogP contribution in [-0.2, 0) is 6.54 Å². The van der Waals surface area contributed by atoms with Gasteiger partial charge in [0.25, 0.3) is 5.69 Å². The fourth-order valence-electron chi connectivity index (χ4n) is 2.03. The molecule has 0 spiro atoms. The van der Waals surface area contributed by atoms with E-state index in [0.717, 1.165) is 17.0 Å². The highest BCUT2D eigenvalue weighted by molar-refractivity contribution is 5.55. The molecule has 0 aliphatic carbocycles. The highest BCUT2D eigenvalue weighted by Gasteiger charge is 2.10. The van der Waals surface area contributed by atoms with Crippen LogP contribution in [0.15, 0.2) is 42.5 Å². The van der Waals surface area contributed by atoms with E-state index in [1.165, 1.54) is 0 Å². The van der Waals surface area contributed by atoms with Gasteiger partial charge in [0.05, 0.1) is 11.5 Å². The van der Waals surface area contributed by atoms with Crippen LogP contribution >= 0.6 is 0 Å². The first-order chi connectivity index (χ1) is 10.1. The maximum absolute atomic E-state index is 10.9. The number of nitro groups is 1. The van der Waals surface area contributed by atoms with E-state index in [0.29, 0.717) is 18.7 Å². The van der Waals surface area contributed by atoms with E-state index in [1.807, 2.05) is 37.3 Å². The molecule has 0 fully saturated rings. The lowest BCUT2D eigenvalue weighted by Gasteiger charge is -2.09. The van der Waals surface area contributed by atoms with Gasteiger partial charge in [-0.25, -0.2) is 0 Å². The molecule has 2 rings (SSSR count). The van der Waals surface area contributed by atoms with Crippen LogP contribution in [0.3, 0.4) is 0 Å². The zero-order chi connectivity index (χ0) is 15.2. The standard InChI is InChI=1S/C16H18N2O3/c1-3-21-15-6-4-5-13(9-15)11-17-14-8-7-12(2)16(10-14)18(19)20/h4-10,17H,3,11H2,1-2H3. The molecule has 0 heterocycles. The number of nitro benzene ring substituents is 1. The Morgan fingerprint density at radius 2 is 2.05 bits per heavy atom. The molecule has 0 amide bonds. The first-order valence-electron chi connectivity index (χ1n) is 6.81. The van der Waals surface area contributed by atoms with E-state index in [9.17, 15) is 10.1 Å². The second-order valence-electron chi connectivity index (χ2n) is 4.69. The van der Waals surface area contributed by atoms with Crippen molar-refractivity contribution in [2.75, 3.05) is 11.9 Å². The molecule has 0 saturated carbocycles. The molecule has 0 aliphatic rings. The molecule has 0 aliphatic heterocycles. The van der Waals surface area contributed by atoms with Crippen LogP contribution in [-0.4, -0.2) is 11.5 Å². The normalized spacial score (nSPS) is 10.2. The molecule has 2 aromatic rings. The van der Waals surface area contributed by atoms with E-state index < -0.39 is 0 Å². The molecule has 1 N–H and O–H groups in total. The van der Waals surface area contributed by atoms with Crippen LogP contribution in [0.25, 0.3) is 0 Å². The number of hydrogen-bond donors (Lipinski definition) is 1. The summed E-state index contributed by atoms with van der Waals surface area (Å²) in [6.45, 7) is 4.88. The Kier molecular flexibility index (Phi) is 4.77. The minimum Gasteiger partial charge on any atom is -0.494 e. The van der Waals surface area contributed by atoms with Crippen LogP contribution < -0.4 is 10.1 Å². The highest BCUT2D eigenvalue weighted by Crippen LogP contribution is 2.23. The number of rotatable bonds is 6. The summed E-state index contributed by atoms with van der Waals surface area (Å²) in [6.07, 6.45) is 0. The van der Waals surface area contributed by atoms with Crippen LogP contribution in [0, 0.1) is 17.0 Å². The minimum atomic E-state index is -0.365. The van der Waals surface area contributed by atoms with Gasteiger partial charge < -0.3 is 10.1 Å². The largest absolute Gasteiger partial charge is 0.494 e. The summed E-state index contributed by atoms with van der Waals surface area (Å²) in [6, 6.07) is 12.9. The van der Waals surface area contributed by atoms with Gasteiger partial charge in [-0.2, -0.15) is 0 Å². The first-order valence-corrected chi connectivity index (χ1v) is 6.81. The van der Waals surface area contributed by atoms with Gasteiger partial charge in [-0.15, -0.1) is 0 Å². The number of hydrogen-bond acceptors (Lipinski definition) is 4. The highest BCUT2D eigenvalue weighted by atomic mass is 16.6. The zero-order valence-electron chi connectivity index (χ0n) is 12.1. The fraction of sp³-hybridized carbons (Fsp3) is 0.250. The molecule has 0 atom stereocenters. The Morgan fingerprint density at radius 1 is 1.24 bits per heavy atom. The van der Waals surface area contributed by atoms with Gasteiger partial charge in [-0.3, -0.25) is 10.1 Å². The summed E-state index contributed by atoms with van der Waals surface area (Å²) >= 11 is 0. The maximum Gasteiger partial charge on any atom is 0.274 e. The van der Waals surface area contributed by atoms with Gasteiger partial charge in [-0.1, -0.05) is 18.2 Å². The topological polar surface area (TPSA) is 64.4 Å². The van der Waals surface area contributed by atoms with Crippen LogP contribution in [0.2, 0.25) is 0 Å². The maximum atomic E-state index is 10.9. The molecule has 0 bridgehead atoms. The molecule has 0 saturated heterocycles. The smallest absolute Gasteiger partial charge is 0.274 e.